The minimum Gasteiger partial charge on any atom is -0.481 e. The molecular formula is C40H42F2N6O2S. The molecular weight excluding hydrogens is 667 g/mol. The van der Waals surface area contributed by atoms with Gasteiger partial charge in [-0.15, -0.1) is 0 Å². The van der Waals surface area contributed by atoms with Gasteiger partial charge in [0.25, 0.3) is 0 Å². The molecule has 264 valence electrons. The molecule has 1 aliphatic rings. The normalized spacial score (nSPS) is 17.8. The van der Waals surface area contributed by atoms with Crippen LogP contribution < -0.4 is 0 Å². The Morgan fingerprint density at radius 1 is 1.04 bits per heavy atom. The first-order valence-corrected chi connectivity index (χ1v) is 18.2. The van der Waals surface area contributed by atoms with Crippen molar-refractivity contribution in [2.75, 3.05) is 0 Å². The molecule has 0 saturated carbocycles. The Bertz CT molecular complexity index is 2270. The van der Waals surface area contributed by atoms with Crippen LogP contribution in [0.2, 0.25) is 0 Å². The van der Waals surface area contributed by atoms with Crippen LogP contribution in [-0.4, -0.2) is 40.6 Å². The number of rotatable bonds is 4. The lowest BCUT2D eigenvalue weighted by Crippen LogP contribution is -2.26. The van der Waals surface area contributed by atoms with Gasteiger partial charge >= 0.3 is 5.97 Å². The number of benzene rings is 3. The first kappa shape index (κ1) is 34.7. The highest BCUT2D eigenvalue weighted by Crippen LogP contribution is 2.42. The van der Waals surface area contributed by atoms with Crippen LogP contribution in [0, 0.1) is 18.6 Å². The molecule has 51 heavy (non-hydrogen) atoms. The van der Waals surface area contributed by atoms with E-state index in [1.807, 2.05) is 41.3 Å². The van der Waals surface area contributed by atoms with Gasteiger partial charge in [-0.05, 0) is 91.1 Å². The third-order valence-corrected chi connectivity index (χ3v) is 11.7. The number of aryl methyl sites for hydroxylation is 2. The zero-order valence-corrected chi connectivity index (χ0v) is 30.4. The molecule has 4 heterocycles. The third-order valence-electron chi connectivity index (χ3n) is 10.6. The lowest BCUT2D eigenvalue weighted by molar-refractivity contribution is -0.136. The Kier molecular flexibility index (Phi) is 9.12. The van der Waals surface area contributed by atoms with Crippen molar-refractivity contribution in [1.29, 1.82) is 0 Å². The lowest BCUT2D eigenvalue weighted by Gasteiger charge is -2.29. The Hall–Kier alpha value is -4.77. The maximum Gasteiger partial charge on any atom is 0.303 e. The third kappa shape index (κ3) is 6.59. The Morgan fingerprint density at radius 3 is 2.65 bits per heavy atom. The number of aliphatic carboxylic acids is 1. The number of nitrogens with zero attached hydrogens (tertiary/aromatic N) is 5. The summed E-state index contributed by atoms with van der Waals surface area (Å²) in [5, 5.41) is 20.0. The smallest absolute Gasteiger partial charge is 0.303 e. The average molecular weight is 709 g/mol. The summed E-state index contributed by atoms with van der Waals surface area (Å²) in [6.45, 7) is 9.07. The maximum absolute atomic E-state index is 16.0. The molecule has 11 heteroatoms. The molecule has 0 fully saturated rings. The molecule has 1 aliphatic heterocycles. The van der Waals surface area contributed by atoms with E-state index in [1.54, 1.807) is 23.9 Å². The summed E-state index contributed by atoms with van der Waals surface area (Å²) in [6.07, 6.45) is 7.66. The molecule has 6 aromatic rings. The molecule has 7 rings (SSSR count). The first-order valence-electron chi connectivity index (χ1n) is 17.4. The fraction of sp³-hybridized carbons (Fsp3) is 0.350. The summed E-state index contributed by atoms with van der Waals surface area (Å²) < 4.78 is 35.3. The number of fused-ring (bicyclic) bond motifs is 10. The largest absolute Gasteiger partial charge is 0.481 e. The second-order valence-corrected chi connectivity index (χ2v) is 15.6. The van der Waals surface area contributed by atoms with Gasteiger partial charge in [-0.2, -0.15) is 10.2 Å². The van der Waals surface area contributed by atoms with E-state index >= 15 is 8.78 Å². The molecule has 8 nitrogen and oxygen atoms in total. The zero-order valence-electron chi connectivity index (χ0n) is 29.6. The highest BCUT2D eigenvalue weighted by Gasteiger charge is 2.35. The van der Waals surface area contributed by atoms with Gasteiger partial charge in [0.1, 0.15) is 11.6 Å². The Labute approximate surface area is 300 Å². The Morgan fingerprint density at radius 2 is 1.84 bits per heavy atom. The molecule has 3 aromatic heterocycles. The van der Waals surface area contributed by atoms with Crippen molar-refractivity contribution in [3.05, 3.63) is 112 Å². The first-order chi connectivity index (χ1) is 24.3. The summed E-state index contributed by atoms with van der Waals surface area (Å²) in [5.74, 6) is -0.723. The predicted octanol–water partition coefficient (Wildman–Crippen LogP) is 9.12. The number of carboxylic acids is 1. The van der Waals surface area contributed by atoms with E-state index < -0.39 is 17.2 Å². The number of hydrogen-bond acceptors (Lipinski definition) is 5. The molecule has 0 radical (unpaired) electrons. The Balaban J connectivity index is 1.38. The fourth-order valence-electron chi connectivity index (χ4n) is 7.51. The van der Waals surface area contributed by atoms with Crippen molar-refractivity contribution >= 4 is 28.6 Å². The number of halogens is 2. The highest BCUT2D eigenvalue weighted by molar-refractivity contribution is 7.99. The fourth-order valence-corrected chi connectivity index (χ4v) is 8.51. The van der Waals surface area contributed by atoms with Crippen molar-refractivity contribution in [1.82, 2.24) is 29.5 Å². The SMILES string of the molecule is Cc1c2cnn1Cc1c(c(F)cc3[nH]ccc13)Sc1ccc(F)c(c1)-c1nc(nn1C)C(C)(c1cccc(CCC(=O)O)c1)CCCCC2(C)C. The van der Waals surface area contributed by atoms with Gasteiger partial charge in [-0.3, -0.25) is 9.48 Å². The average Bonchev–Trinajstić information content (AvgIpc) is 3.83. The van der Waals surface area contributed by atoms with Crippen LogP contribution in [-0.2, 0) is 35.6 Å². The van der Waals surface area contributed by atoms with Crippen molar-refractivity contribution in [3.63, 3.8) is 0 Å². The van der Waals surface area contributed by atoms with E-state index in [0.717, 1.165) is 59.0 Å². The summed E-state index contributed by atoms with van der Waals surface area (Å²) >= 11 is 1.26. The standard InChI is InChI=1S/C40H42F2N6O2S/c1-24-31-22-44-48(24)23-30-28-15-18-43-34(28)21-33(42)36(30)51-27-12-13-32(41)29(20-27)37-45-38(46-47(37)5)40(4,17-7-6-16-39(31,2)3)26-10-8-9-25(19-26)11-14-35(49)50/h8-10,12-13,15,18-22,43H,6-7,11,14,16-17,23H2,1-5H3,(H,49,50). The van der Waals surface area contributed by atoms with Crippen molar-refractivity contribution in [2.24, 2.45) is 7.05 Å². The van der Waals surface area contributed by atoms with E-state index in [9.17, 15) is 9.90 Å². The molecule has 3 aromatic carbocycles. The van der Waals surface area contributed by atoms with Gasteiger partial charge in [-0.25, -0.2) is 18.4 Å². The van der Waals surface area contributed by atoms with Crippen LogP contribution in [0.25, 0.3) is 22.3 Å². The molecule has 0 spiro atoms. The van der Waals surface area contributed by atoms with Crippen LogP contribution in [0.3, 0.4) is 0 Å². The van der Waals surface area contributed by atoms with Crippen molar-refractivity contribution < 1.29 is 18.7 Å². The quantitative estimate of drug-likeness (QED) is 0.190. The van der Waals surface area contributed by atoms with Crippen LogP contribution in [0.5, 0.6) is 0 Å². The predicted molar refractivity (Wildman–Crippen MR) is 195 cm³/mol. The molecule has 0 amide bonds. The second kappa shape index (κ2) is 13.4. The van der Waals surface area contributed by atoms with Crippen LogP contribution in [0.4, 0.5) is 8.78 Å². The van der Waals surface area contributed by atoms with E-state index in [2.05, 4.69) is 38.7 Å². The van der Waals surface area contributed by atoms with E-state index in [0.29, 0.717) is 39.9 Å². The second-order valence-electron chi connectivity index (χ2n) is 14.5. The van der Waals surface area contributed by atoms with Crippen LogP contribution >= 0.6 is 11.8 Å². The number of nitrogens with one attached hydrogen (secondary N) is 1. The highest BCUT2D eigenvalue weighted by atomic mass is 32.2. The number of H-pyrrole nitrogens is 1. The summed E-state index contributed by atoms with van der Waals surface area (Å²) in [5.41, 5.74) is 5.08. The van der Waals surface area contributed by atoms with Crippen molar-refractivity contribution in [3.8, 4) is 11.4 Å². The maximum atomic E-state index is 16.0. The molecule has 1 unspecified atom stereocenters. The molecule has 0 saturated heterocycles. The van der Waals surface area contributed by atoms with Gasteiger partial charge < -0.3 is 10.1 Å². The summed E-state index contributed by atoms with van der Waals surface area (Å²) in [7, 11) is 1.77. The van der Waals surface area contributed by atoms with Crippen LogP contribution in [0.15, 0.2) is 76.8 Å². The van der Waals surface area contributed by atoms with Crippen LogP contribution in [0.1, 0.15) is 86.6 Å². The lowest BCUT2D eigenvalue weighted by atomic mass is 9.75. The monoisotopic (exact) mass is 708 g/mol. The number of carbonyl (C=O) groups is 1. The van der Waals surface area contributed by atoms with E-state index in [-0.39, 0.29) is 23.2 Å². The van der Waals surface area contributed by atoms with E-state index in [1.165, 1.54) is 23.9 Å². The summed E-state index contributed by atoms with van der Waals surface area (Å²) in [4.78, 5) is 20.7. The molecule has 6 bridgehead atoms. The van der Waals surface area contributed by atoms with Crippen molar-refractivity contribution in [2.45, 2.75) is 93.4 Å². The molecule has 2 N–H and O–H groups in total. The van der Waals surface area contributed by atoms with Gasteiger partial charge in [0.15, 0.2) is 11.6 Å². The number of hydrogen-bond donors (Lipinski definition) is 2. The molecule has 1 atom stereocenters. The molecule has 0 aliphatic carbocycles. The topological polar surface area (TPSA) is 102 Å². The van der Waals surface area contributed by atoms with Gasteiger partial charge in [0.05, 0.1) is 28.6 Å². The number of aromatic nitrogens is 6. The number of carboxylic acid groups (broad SMARTS) is 1. The minimum atomic E-state index is -0.843. The zero-order chi connectivity index (χ0) is 36.1. The van der Waals surface area contributed by atoms with Gasteiger partial charge in [0.2, 0.25) is 0 Å². The van der Waals surface area contributed by atoms with Gasteiger partial charge in [-0.1, -0.05) is 62.7 Å². The number of aromatic amines is 1. The minimum absolute atomic E-state index is 0.0370. The summed E-state index contributed by atoms with van der Waals surface area (Å²) in [6, 6.07) is 16.3. The van der Waals surface area contributed by atoms with Gasteiger partial charge in [0, 0.05) is 41.2 Å². The van der Waals surface area contributed by atoms with E-state index in [4.69, 9.17) is 15.2 Å².